The number of carbonyl (C=O) groups is 1. The van der Waals surface area contributed by atoms with Crippen LogP contribution >= 0.6 is 11.8 Å². The molecule has 0 aromatic carbocycles. The maximum absolute atomic E-state index is 10.9. The van der Waals surface area contributed by atoms with Crippen molar-refractivity contribution in [2.24, 2.45) is 5.73 Å². The van der Waals surface area contributed by atoms with Gasteiger partial charge in [0.05, 0.1) is 11.8 Å². The van der Waals surface area contributed by atoms with Gasteiger partial charge in [0.15, 0.2) is 0 Å². The van der Waals surface area contributed by atoms with Gasteiger partial charge >= 0.3 is 6.03 Å². The van der Waals surface area contributed by atoms with E-state index in [-0.39, 0.29) is 0 Å². The lowest BCUT2D eigenvalue weighted by Gasteiger charge is -1.89. The van der Waals surface area contributed by atoms with E-state index in [1.54, 1.807) is 0 Å². The van der Waals surface area contributed by atoms with Gasteiger partial charge in [-0.2, -0.15) is 0 Å². The van der Waals surface area contributed by atoms with Gasteiger partial charge in [0.25, 0.3) is 0 Å². The average Bonchev–Trinajstić information content (AvgIpc) is 1.36. The van der Waals surface area contributed by atoms with Crippen LogP contribution in [0.2, 0.25) is 0 Å². The van der Waals surface area contributed by atoms with Gasteiger partial charge in [-0.15, -0.1) is 0 Å². The number of amides is 2. The van der Waals surface area contributed by atoms with E-state index < -0.39 is 10.7 Å². The van der Waals surface area contributed by atoms with E-state index in [1.165, 1.54) is 0 Å². The third-order valence-corrected chi connectivity index (χ3v) is 0.333. The highest BCUT2D eigenvalue weighted by atomic mass is 35.5. The molecule has 0 fully saturated rings. The Balaban J connectivity index is 3.26. The molecule has 0 rings (SSSR count). The largest absolute Gasteiger partial charge is 0.358 e. The highest BCUT2D eigenvalue weighted by Gasteiger charge is 1.98. The second-order valence-electron chi connectivity index (χ2n) is 0.571. The van der Waals surface area contributed by atoms with Crippen LogP contribution in [0.15, 0.2) is 0 Å². The van der Waals surface area contributed by atoms with Gasteiger partial charge in [0.2, 0.25) is 0 Å². The Morgan fingerprint density at radius 1 is 2.00 bits per heavy atom. The Bertz CT molecular complexity index is 64.6. The number of primary amides is 1. The summed E-state index contributed by atoms with van der Waals surface area (Å²) in [5, 5.41) is 0. The van der Waals surface area contributed by atoms with Gasteiger partial charge < -0.3 is 5.73 Å². The minimum atomic E-state index is -1.31. The number of nitrogens with two attached hydrogens (primary N) is 1. The van der Waals surface area contributed by atoms with Gasteiger partial charge in [0, 0.05) is 0 Å². The molecule has 0 saturated heterocycles. The third-order valence-electron chi connectivity index (χ3n) is 0.167. The molecule has 0 bridgehead atoms. The first kappa shape index (κ1) is 5.49. The second-order valence-corrected chi connectivity index (χ2v) is 0.868. The molecule has 0 atom stereocenters. The highest BCUT2D eigenvalue weighted by molar-refractivity contribution is 6.19. The normalized spacial score (nSPS) is 7.67. The van der Waals surface area contributed by atoms with Crippen molar-refractivity contribution in [1.82, 2.24) is 4.64 Å². The molecule has 3 nitrogen and oxygen atoms in total. The fourth-order valence-corrected chi connectivity index (χ4v) is 0. The smallest absolute Gasteiger partial charge is 0.348 e. The van der Waals surface area contributed by atoms with Crippen molar-refractivity contribution < 1.29 is 9.28 Å². The van der Waals surface area contributed by atoms with E-state index in [2.05, 4.69) is 17.5 Å². The lowest BCUT2D eigenvalue weighted by Crippen LogP contribution is -2.19. The van der Waals surface area contributed by atoms with Gasteiger partial charge in [-0.3, -0.25) is 0 Å². The molecular formula is CH2ClFN2O. The molecule has 0 aliphatic rings. The number of carbonyl (C=O) groups excluding carboxylic acids is 1. The van der Waals surface area contributed by atoms with Crippen molar-refractivity contribution in [2.45, 2.75) is 0 Å². The molecule has 0 aliphatic heterocycles. The van der Waals surface area contributed by atoms with E-state index in [1.807, 2.05) is 0 Å². The van der Waals surface area contributed by atoms with Crippen LogP contribution in [0, 0.1) is 0 Å². The molecule has 0 heterocycles. The molecule has 0 aromatic heterocycles. The van der Waals surface area contributed by atoms with Crippen molar-refractivity contribution in [3.05, 3.63) is 0 Å². The monoisotopic (exact) mass is 112 g/mol. The number of hydrogen-bond donors (Lipinski definition) is 1. The predicted molar refractivity (Wildman–Crippen MR) is 18.4 cm³/mol. The Kier molecular flexibility index (Phi) is 1.66. The fraction of sp³-hybridized carbons (Fsp3) is 0. The van der Waals surface area contributed by atoms with Crippen molar-refractivity contribution >= 4 is 17.8 Å². The predicted octanol–water partition coefficient (Wildman–Crippen LogP) is 0.405. The SMILES string of the molecule is NC(=O)N(F)Cl. The number of halogens is 2. The summed E-state index contributed by atoms with van der Waals surface area (Å²) >= 11 is 4.30. The topological polar surface area (TPSA) is 46.3 Å². The molecule has 6 heavy (non-hydrogen) atoms. The zero-order valence-corrected chi connectivity index (χ0v) is 3.44. The van der Waals surface area contributed by atoms with E-state index in [9.17, 15) is 9.28 Å². The molecule has 36 valence electrons. The molecular weight excluding hydrogens is 110 g/mol. The van der Waals surface area contributed by atoms with Crippen molar-refractivity contribution in [1.29, 1.82) is 0 Å². The average molecular weight is 112 g/mol. The Hall–Kier alpha value is -0.510. The molecule has 2 N–H and O–H groups in total. The molecule has 0 unspecified atom stereocenters. The zero-order chi connectivity index (χ0) is 5.15. The summed E-state index contributed by atoms with van der Waals surface area (Å²) in [6, 6.07) is -1.31. The van der Waals surface area contributed by atoms with Crippen LogP contribution in [0.4, 0.5) is 9.28 Å². The summed E-state index contributed by atoms with van der Waals surface area (Å²) in [4.78, 5) is 9.34. The lowest BCUT2D eigenvalue weighted by atomic mass is 11.2. The lowest BCUT2D eigenvalue weighted by molar-refractivity contribution is 0.158. The van der Waals surface area contributed by atoms with Crippen molar-refractivity contribution in [2.75, 3.05) is 0 Å². The van der Waals surface area contributed by atoms with Crippen LogP contribution < -0.4 is 5.73 Å². The van der Waals surface area contributed by atoms with Crippen LogP contribution in [0.25, 0.3) is 0 Å². The first-order valence-corrected chi connectivity index (χ1v) is 1.39. The Labute approximate surface area is 38.5 Å². The molecule has 0 spiro atoms. The van der Waals surface area contributed by atoms with Crippen LogP contribution in [0.1, 0.15) is 0 Å². The number of urea groups is 1. The highest BCUT2D eigenvalue weighted by Crippen LogP contribution is 1.89. The van der Waals surface area contributed by atoms with Gasteiger partial charge in [0.1, 0.15) is 0 Å². The summed E-state index contributed by atoms with van der Waals surface area (Å²) in [6.07, 6.45) is 0. The summed E-state index contributed by atoms with van der Waals surface area (Å²) in [6.45, 7) is 0. The second kappa shape index (κ2) is 1.81. The van der Waals surface area contributed by atoms with Crippen molar-refractivity contribution in [3.8, 4) is 0 Å². The van der Waals surface area contributed by atoms with E-state index in [4.69, 9.17) is 0 Å². The van der Waals surface area contributed by atoms with Gasteiger partial charge in [-0.05, 0) is 0 Å². The minimum absolute atomic E-state index is 0.722. The summed E-state index contributed by atoms with van der Waals surface area (Å²) < 4.78 is 10.2. The standard InChI is InChI=1S/CH2ClFN2O/c2-5(3)1(4)6/h(H2,4,6). The molecule has 2 amide bonds. The Morgan fingerprint density at radius 3 is 2.17 bits per heavy atom. The van der Waals surface area contributed by atoms with E-state index >= 15 is 0 Å². The summed E-state index contributed by atoms with van der Waals surface area (Å²) in [5.74, 6) is 0. The molecule has 0 radical (unpaired) electrons. The van der Waals surface area contributed by atoms with Gasteiger partial charge in [-0.1, -0.05) is 9.12 Å². The van der Waals surface area contributed by atoms with E-state index in [0.717, 1.165) is 0 Å². The quantitative estimate of drug-likeness (QED) is 0.453. The van der Waals surface area contributed by atoms with Crippen LogP contribution in [-0.2, 0) is 0 Å². The maximum Gasteiger partial charge on any atom is 0.358 e. The Morgan fingerprint density at radius 2 is 2.17 bits per heavy atom. The number of rotatable bonds is 0. The molecule has 0 saturated carbocycles. The fourth-order valence-electron chi connectivity index (χ4n) is 0. The maximum atomic E-state index is 10.9. The molecule has 0 aromatic rings. The van der Waals surface area contributed by atoms with Crippen LogP contribution in [0.5, 0.6) is 0 Å². The van der Waals surface area contributed by atoms with Crippen LogP contribution in [-0.4, -0.2) is 10.7 Å². The number of nitrogens with zero attached hydrogens (tertiary/aromatic N) is 1. The third kappa shape index (κ3) is 1.78. The minimum Gasteiger partial charge on any atom is -0.348 e. The first-order chi connectivity index (χ1) is 2.64. The molecule has 5 heteroatoms. The first-order valence-electron chi connectivity index (χ1n) is 1.05. The van der Waals surface area contributed by atoms with Crippen LogP contribution in [0.3, 0.4) is 0 Å². The molecule has 0 aliphatic carbocycles. The zero-order valence-electron chi connectivity index (χ0n) is 2.69. The van der Waals surface area contributed by atoms with Gasteiger partial charge in [-0.25, -0.2) is 4.79 Å². The summed E-state index contributed by atoms with van der Waals surface area (Å²) in [7, 11) is 0. The van der Waals surface area contributed by atoms with E-state index in [0.29, 0.717) is 0 Å². The summed E-state index contributed by atoms with van der Waals surface area (Å²) in [5.41, 5.74) is 4.22. The van der Waals surface area contributed by atoms with Crippen molar-refractivity contribution in [3.63, 3.8) is 0 Å². The number of hydrogen-bond acceptors (Lipinski definition) is 1.